The number of amides is 1. The smallest absolute Gasteiger partial charge is 0.237 e. The predicted molar refractivity (Wildman–Crippen MR) is 93.7 cm³/mol. The van der Waals surface area contributed by atoms with Gasteiger partial charge in [0.2, 0.25) is 11.9 Å². The fourth-order valence-corrected chi connectivity index (χ4v) is 3.03. The summed E-state index contributed by atoms with van der Waals surface area (Å²) in [6, 6.07) is 10.7. The molecule has 1 amide bonds. The van der Waals surface area contributed by atoms with Gasteiger partial charge in [-0.1, -0.05) is 24.8 Å². The third-order valence-corrected chi connectivity index (χ3v) is 4.21. The van der Waals surface area contributed by atoms with E-state index in [9.17, 15) is 9.18 Å². The number of nitrogens with zero attached hydrogens (tertiary/aromatic N) is 4. The molecule has 0 bridgehead atoms. The minimum atomic E-state index is -0.684. The highest BCUT2D eigenvalue weighted by molar-refractivity contribution is 5.95. The van der Waals surface area contributed by atoms with Crippen LogP contribution in [0.3, 0.4) is 0 Å². The van der Waals surface area contributed by atoms with Crippen LogP contribution in [-0.2, 0) is 4.79 Å². The number of carbonyl (C=O) groups is 1. The van der Waals surface area contributed by atoms with Gasteiger partial charge in [-0.3, -0.25) is 4.79 Å². The lowest BCUT2D eigenvalue weighted by Crippen LogP contribution is -2.39. The molecule has 1 aliphatic rings. The van der Waals surface area contributed by atoms with Crippen LogP contribution in [0, 0.1) is 11.7 Å². The quantitative estimate of drug-likeness (QED) is 0.758. The van der Waals surface area contributed by atoms with Crippen LogP contribution in [0.2, 0.25) is 0 Å². The molecule has 3 aromatic rings. The van der Waals surface area contributed by atoms with Crippen molar-refractivity contribution in [3.8, 4) is 0 Å². The van der Waals surface area contributed by atoms with Crippen LogP contribution in [-0.4, -0.2) is 25.7 Å². The molecule has 1 aliphatic heterocycles. The molecule has 0 unspecified atom stereocenters. The van der Waals surface area contributed by atoms with Crippen molar-refractivity contribution in [3.05, 3.63) is 78.6 Å². The van der Waals surface area contributed by atoms with Crippen molar-refractivity contribution in [1.82, 2.24) is 19.7 Å². The van der Waals surface area contributed by atoms with Gasteiger partial charge in [-0.05, 0) is 29.8 Å². The van der Waals surface area contributed by atoms with Crippen LogP contribution in [0.1, 0.15) is 11.6 Å². The number of nitrogens with one attached hydrogen (secondary N) is 2. The van der Waals surface area contributed by atoms with E-state index in [2.05, 4.69) is 32.3 Å². The predicted octanol–water partition coefficient (Wildman–Crippen LogP) is 2.60. The number of carbonyl (C=O) groups excluding carboxylic acids is 1. The van der Waals surface area contributed by atoms with E-state index in [0.29, 0.717) is 17.5 Å². The first kappa shape index (κ1) is 15.9. The third-order valence-electron chi connectivity index (χ3n) is 4.21. The van der Waals surface area contributed by atoms with Crippen LogP contribution in [0.15, 0.2) is 67.3 Å². The molecule has 2 aromatic heterocycles. The average molecular weight is 350 g/mol. The summed E-state index contributed by atoms with van der Waals surface area (Å²) in [5.74, 6) is -0.415. The zero-order valence-corrected chi connectivity index (χ0v) is 13.6. The maximum absolute atomic E-state index is 13.4. The second-order valence-corrected chi connectivity index (χ2v) is 5.86. The lowest BCUT2D eigenvalue weighted by molar-refractivity contribution is -0.119. The molecule has 8 heteroatoms. The van der Waals surface area contributed by atoms with Gasteiger partial charge in [0.05, 0.1) is 6.04 Å². The molecule has 2 atom stereocenters. The maximum atomic E-state index is 13.4. The summed E-state index contributed by atoms with van der Waals surface area (Å²) >= 11 is 0. The molecule has 26 heavy (non-hydrogen) atoms. The molecular formula is C18H15FN6O. The van der Waals surface area contributed by atoms with E-state index in [1.54, 1.807) is 41.2 Å². The van der Waals surface area contributed by atoms with Crippen molar-refractivity contribution in [1.29, 1.82) is 0 Å². The minimum absolute atomic E-state index is 0.295. The summed E-state index contributed by atoms with van der Waals surface area (Å²) in [7, 11) is 0. The first-order valence-corrected chi connectivity index (χ1v) is 7.96. The van der Waals surface area contributed by atoms with Gasteiger partial charge in [-0.25, -0.2) is 14.1 Å². The first-order valence-electron chi connectivity index (χ1n) is 7.96. The van der Waals surface area contributed by atoms with Crippen LogP contribution in [0.5, 0.6) is 0 Å². The van der Waals surface area contributed by atoms with Crippen molar-refractivity contribution in [2.75, 3.05) is 10.6 Å². The number of halogens is 1. The van der Waals surface area contributed by atoms with E-state index in [1.165, 1.54) is 18.5 Å². The Kier molecular flexibility index (Phi) is 3.92. The van der Waals surface area contributed by atoms with Gasteiger partial charge in [0.25, 0.3) is 0 Å². The number of aromatic nitrogens is 4. The van der Waals surface area contributed by atoms with Gasteiger partial charge < -0.3 is 10.6 Å². The fraction of sp³-hybridized carbons (Fsp3) is 0.111. The Morgan fingerprint density at radius 3 is 2.73 bits per heavy atom. The second kappa shape index (κ2) is 6.40. The normalized spacial score (nSPS) is 18.7. The van der Waals surface area contributed by atoms with Crippen molar-refractivity contribution in [2.24, 2.45) is 5.92 Å². The zero-order chi connectivity index (χ0) is 18.1. The van der Waals surface area contributed by atoms with Gasteiger partial charge in [0.15, 0.2) is 0 Å². The standard InChI is InChI=1S/C18H15FN6O/c1-11-15(17(26)24-14-4-2-3-9-20-14)16(12-5-7-13(19)8-6-12)25-18(23-11)21-10-22-25/h2-10,15-16H,1H2,(H,20,24,26)(H,21,22,23)/t15-,16+/m1/s1. The van der Waals surface area contributed by atoms with E-state index >= 15 is 0 Å². The molecule has 1 aromatic carbocycles. The first-order chi connectivity index (χ1) is 12.6. The Hall–Kier alpha value is -3.55. The third kappa shape index (κ3) is 2.81. The Balaban J connectivity index is 1.74. The number of pyridine rings is 1. The highest BCUT2D eigenvalue weighted by Crippen LogP contribution is 2.37. The number of fused-ring (bicyclic) bond motifs is 1. The number of rotatable bonds is 3. The van der Waals surface area contributed by atoms with Crippen LogP contribution >= 0.6 is 0 Å². The molecule has 0 aliphatic carbocycles. The molecule has 0 saturated heterocycles. The van der Waals surface area contributed by atoms with Crippen LogP contribution in [0.25, 0.3) is 0 Å². The molecule has 0 saturated carbocycles. The van der Waals surface area contributed by atoms with Crippen molar-refractivity contribution in [2.45, 2.75) is 6.04 Å². The summed E-state index contributed by atoms with van der Waals surface area (Å²) in [6.07, 6.45) is 2.99. The Bertz CT molecular complexity index is 953. The lowest BCUT2D eigenvalue weighted by atomic mass is 9.88. The van der Waals surface area contributed by atoms with Gasteiger partial charge in [-0.2, -0.15) is 10.1 Å². The van der Waals surface area contributed by atoms with Gasteiger partial charge in [0, 0.05) is 11.9 Å². The molecule has 2 N–H and O–H groups in total. The number of anilines is 2. The van der Waals surface area contributed by atoms with Gasteiger partial charge >= 0.3 is 0 Å². The summed E-state index contributed by atoms with van der Waals surface area (Å²) in [4.78, 5) is 21.2. The number of hydrogen-bond donors (Lipinski definition) is 2. The van der Waals surface area contributed by atoms with E-state index in [4.69, 9.17) is 0 Å². The topological polar surface area (TPSA) is 84.7 Å². The molecule has 0 fully saturated rings. The summed E-state index contributed by atoms with van der Waals surface area (Å²) < 4.78 is 15.0. The SMILES string of the molecule is C=C1Nc2ncnn2[C@@H](c2ccc(F)cc2)[C@@H]1C(=O)Nc1ccccn1. The Morgan fingerprint density at radius 2 is 2.00 bits per heavy atom. The largest absolute Gasteiger partial charge is 0.328 e. The molecular weight excluding hydrogens is 335 g/mol. The van der Waals surface area contributed by atoms with Crippen molar-refractivity contribution in [3.63, 3.8) is 0 Å². The molecule has 4 rings (SSSR count). The van der Waals surface area contributed by atoms with Crippen molar-refractivity contribution < 1.29 is 9.18 Å². The molecule has 7 nitrogen and oxygen atoms in total. The summed E-state index contributed by atoms with van der Waals surface area (Å²) in [5.41, 5.74) is 1.20. The fourth-order valence-electron chi connectivity index (χ4n) is 3.03. The number of benzene rings is 1. The van der Waals surface area contributed by atoms with E-state index in [-0.39, 0.29) is 11.7 Å². The lowest BCUT2D eigenvalue weighted by Gasteiger charge is -2.33. The van der Waals surface area contributed by atoms with E-state index in [0.717, 1.165) is 5.56 Å². The zero-order valence-electron chi connectivity index (χ0n) is 13.6. The molecule has 3 heterocycles. The van der Waals surface area contributed by atoms with Crippen molar-refractivity contribution >= 4 is 17.7 Å². The van der Waals surface area contributed by atoms with E-state index in [1.807, 2.05) is 0 Å². The van der Waals surface area contributed by atoms with Gasteiger partial charge in [0.1, 0.15) is 23.9 Å². The van der Waals surface area contributed by atoms with E-state index < -0.39 is 12.0 Å². The second-order valence-electron chi connectivity index (χ2n) is 5.86. The summed E-state index contributed by atoms with van der Waals surface area (Å²) in [6.45, 7) is 3.98. The highest BCUT2D eigenvalue weighted by atomic mass is 19.1. The highest BCUT2D eigenvalue weighted by Gasteiger charge is 2.39. The Labute approximate surface area is 148 Å². The van der Waals surface area contributed by atoms with Crippen LogP contribution < -0.4 is 10.6 Å². The van der Waals surface area contributed by atoms with Gasteiger partial charge in [-0.15, -0.1) is 0 Å². The van der Waals surface area contributed by atoms with Crippen LogP contribution in [0.4, 0.5) is 16.2 Å². The molecule has 0 radical (unpaired) electrons. The maximum Gasteiger partial charge on any atom is 0.237 e. The number of hydrogen-bond acceptors (Lipinski definition) is 5. The average Bonchev–Trinajstić information content (AvgIpc) is 3.10. The molecule has 130 valence electrons. The Morgan fingerprint density at radius 1 is 1.19 bits per heavy atom. The summed E-state index contributed by atoms with van der Waals surface area (Å²) in [5, 5.41) is 10.0. The minimum Gasteiger partial charge on any atom is -0.328 e. The molecule has 0 spiro atoms. The monoisotopic (exact) mass is 350 g/mol.